The first-order chi connectivity index (χ1) is 10.1. The van der Waals surface area contributed by atoms with Gasteiger partial charge in [0.1, 0.15) is 5.25 Å². The number of amides is 2. The second-order valence-electron chi connectivity index (χ2n) is 4.24. The molecule has 1 aromatic rings. The van der Waals surface area contributed by atoms with Crippen LogP contribution in [0.2, 0.25) is 0 Å². The van der Waals surface area contributed by atoms with Gasteiger partial charge < -0.3 is 15.4 Å². The fourth-order valence-electron chi connectivity index (χ4n) is 1.70. The van der Waals surface area contributed by atoms with Crippen LogP contribution in [-0.2, 0) is 19.1 Å². The lowest BCUT2D eigenvalue weighted by atomic mass is 10.3. The van der Waals surface area contributed by atoms with Crippen LogP contribution in [-0.4, -0.2) is 30.1 Å². The van der Waals surface area contributed by atoms with Gasteiger partial charge >= 0.3 is 5.97 Å². The first-order valence-corrected chi connectivity index (χ1v) is 7.08. The summed E-state index contributed by atoms with van der Waals surface area (Å²) in [7, 11) is 1.27. The molecule has 1 aromatic carbocycles. The Labute approximate surface area is 125 Å². The molecule has 0 saturated carbocycles. The van der Waals surface area contributed by atoms with Crippen LogP contribution in [0, 0.1) is 0 Å². The van der Waals surface area contributed by atoms with E-state index in [9.17, 15) is 14.4 Å². The van der Waals surface area contributed by atoms with Crippen molar-refractivity contribution < 1.29 is 19.1 Å². The third-order valence-corrected chi connectivity index (χ3v) is 3.83. The highest BCUT2D eigenvalue weighted by Crippen LogP contribution is 2.29. The molecule has 0 bridgehead atoms. The maximum atomic E-state index is 11.8. The topological polar surface area (TPSA) is 84.5 Å². The van der Waals surface area contributed by atoms with E-state index in [4.69, 9.17) is 0 Å². The van der Waals surface area contributed by atoms with E-state index in [0.717, 1.165) is 11.8 Å². The SMILES string of the molecule is COC(=O)CC1S/C(=C\C(=O)Nc2ccccc2)NC1=O. The number of anilines is 1. The zero-order valence-electron chi connectivity index (χ0n) is 11.3. The molecule has 1 unspecified atom stereocenters. The number of para-hydroxylation sites is 1. The second kappa shape index (κ2) is 6.94. The number of carbonyl (C=O) groups is 3. The maximum absolute atomic E-state index is 11.8. The van der Waals surface area contributed by atoms with Gasteiger partial charge in [0.15, 0.2) is 0 Å². The van der Waals surface area contributed by atoms with Crippen molar-refractivity contribution in [2.45, 2.75) is 11.7 Å². The van der Waals surface area contributed by atoms with Crippen molar-refractivity contribution >= 4 is 35.2 Å². The van der Waals surface area contributed by atoms with Gasteiger partial charge in [0, 0.05) is 11.8 Å². The molecule has 0 aliphatic carbocycles. The number of benzene rings is 1. The highest BCUT2D eigenvalue weighted by atomic mass is 32.2. The summed E-state index contributed by atoms with van der Waals surface area (Å²) in [6, 6.07) is 8.98. The van der Waals surface area contributed by atoms with E-state index in [2.05, 4.69) is 15.4 Å². The molecule has 2 amide bonds. The molecular weight excluding hydrogens is 292 g/mol. The monoisotopic (exact) mass is 306 g/mol. The summed E-state index contributed by atoms with van der Waals surface area (Å²) in [6.45, 7) is 0. The molecule has 21 heavy (non-hydrogen) atoms. The van der Waals surface area contributed by atoms with E-state index in [-0.39, 0.29) is 18.2 Å². The first-order valence-electron chi connectivity index (χ1n) is 6.20. The van der Waals surface area contributed by atoms with Crippen molar-refractivity contribution in [2.75, 3.05) is 12.4 Å². The Bertz CT molecular complexity index is 586. The Morgan fingerprint density at radius 2 is 2.10 bits per heavy atom. The molecule has 1 aliphatic rings. The number of ether oxygens (including phenoxy) is 1. The van der Waals surface area contributed by atoms with E-state index in [1.807, 2.05) is 6.07 Å². The van der Waals surface area contributed by atoms with Crippen LogP contribution in [0.1, 0.15) is 6.42 Å². The van der Waals surface area contributed by atoms with Crippen molar-refractivity contribution in [3.63, 3.8) is 0 Å². The zero-order valence-corrected chi connectivity index (χ0v) is 12.1. The summed E-state index contributed by atoms with van der Waals surface area (Å²) in [5.41, 5.74) is 0.666. The Hall–Kier alpha value is -2.28. The molecule has 0 aromatic heterocycles. The van der Waals surface area contributed by atoms with E-state index < -0.39 is 11.2 Å². The standard InChI is InChI=1S/C14H14N2O4S/c1-20-13(18)7-10-14(19)16-12(21-10)8-11(17)15-9-5-3-2-4-6-9/h2-6,8,10H,7H2,1H3,(H,15,17)(H,16,19)/b12-8-. The maximum Gasteiger partial charge on any atom is 0.307 e. The molecule has 110 valence electrons. The van der Waals surface area contributed by atoms with Crippen LogP contribution in [0.4, 0.5) is 5.69 Å². The molecule has 0 radical (unpaired) electrons. The van der Waals surface area contributed by atoms with Gasteiger partial charge in [-0.2, -0.15) is 0 Å². The van der Waals surface area contributed by atoms with Gasteiger partial charge in [-0.1, -0.05) is 30.0 Å². The van der Waals surface area contributed by atoms with Crippen molar-refractivity contribution in [2.24, 2.45) is 0 Å². The van der Waals surface area contributed by atoms with Gasteiger partial charge in [-0.05, 0) is 12.1 Å². The normalized spacial score (nSPS) is 19.2. The Morgan fingerprint density at radius 3 is 2.76 bits per heavy atom. The predicted octanol–water partition coefficient (Wildman–Crippen LogP) is 1.26. The highest BCUT2D eigenvalue weighted by Gasteiger charge is 2.31. The van der Waals surface area contributed by atoms with Crippen LogP contribution in [0.25, 0.3) is 0 Å². The quantitative estimate of drug-likeness (QED) is 0.646. The van der Waals surface area contributed by atoms with Gasteiger partial charge in [0.25, 0.3) is 5.91 Å². The largest absolute Gasteiger partial charge is 0.469 e. The van der Waals surface area contributed by atoms with Crippen molar-refractivity contribution in [3.05, 3.63) is 41.4 Å². The van der Waals surface area contributed by atoms with Crippen molar-refractivity contribution in [3.8, 4) is 0 Å². The summed E-state index contributed by atoms with van der Waals surface area (Å²) in [5.74, 6) is -1.11. The number of esters is 1. The fraction of sp³-hybridized carbons (Fsp3) is 0.214. The van der Waals surface area contributed by atoms with E-state index in [1.54, 1.807) is 24.3 Å². The number of hydrogen-bond acceptors (Lipinski definition) is 5. The molecule has 1 fully saturated rings. The zero-order chi connectivity index (χ0) is 15.2. The fourth-order valence-corrected chi connectivity index (χ4v) is 2.72. The second-order valence-corrected chi connectivity index (χ2v) is 5.48. The first kappa shape index (κ1) is 15.1. The molecule has 1 atom stereocenters. The van der Waals surface area contributed by atoms with Crippen molar-refractivity contribution in [1.82, 2.24) is 5.32 Å². The molecule has 1 aliphatic heterocycles. The lowest BCUT2D eigenvalue weighted by Crippen LogP contribution is -2.24. The number of methoxy groups -OCH3 is 1. The van der Waals surface area contributed by atoms with Gasteiger partial charge in [-0.25, -0.2) is 0 Å². The highest BCUT2D eigenvalue weighted by molar-refractivity contribution is 8.04. The van der Waals surface area contributed by atoms with Crippen molar-refractivity contribution in [1.29, 1.82) is 0 Å². The Morgan fingerprint density at radius 1 is 1.38 bits per heavy atom. The number of rotatable bonds is 4. The summed E-state index contributed by atoms with van der Waals surface area (Å²) >= 11 is 1.14. The van der Waals surface area contributed by atoms with E-state index >= 15 is 0 Å². The summed E-state index contributed by atoms with van der Waals surface area (Å²) in [4.78, 5) is 34.6. The average molecular weight is 306 g/mol. The van der Waals surface area contributed by atoms with Gasteiger partial charge in [-0.3, -0.25) is 14.4 Å². The third kappa shape index (κ3) is 4.35. The summed E-state index contributed by atoms with van der Waals surface area (Å²) < 4.78 is 4.52. The number of hydrogen-bond donors (Lipinski definition) is 2. The molecule has 2 N–H and O–H groups in total. The van der Waals surface area contributed by atoms with Crippen LogP contribution < -0.4 is 10.6 Å². The molecule has 1 heterocycles. The van der Waals surface area contributed by atoms with Gasteiger partial charge in [0.05, 0.1) is 18.6 Å². The summed E-state index contributed by atoms with van der Waals surface area (Å²) in [5, 5.41) is 5.10. The van der Waals surface area contributed by atoms with Gasteiger partial charge in [-0.15, -0.1) is 0 Å². The lowest BCUT2D eigenvalue weighted by molar-refractivity contribution is -0.141. The van der Waals surface area contributed by atoms with E-state index in [1.165, 1.54) is 13.2 Å². The molecule has 7 heteroatoms. The molecular formula is C14H14N2O4S. The van der Waals surface area contributed by atoms with Crippen LogP contribution in [0.3, 0.4) is 0 Å². The third-order valence-electron chi connectivity index (χ3n) is 2.69. The van der Waals surface area contributed by atoms with E-state index in [0.29, 0.717) is 10.7 Å². The molecule has 2 rings (SSSR count). The molecule has 1 saturated heterocycles. The molecule has 6 nitrogen and oxygen atoms in total. The Balaban J connectivity index is 1.94. The molecule has 0 spiro atoms. The smallest absolute Gasteiger partial charge is 0.307 e. The number of thioether (sulfide) groups is 1. The summed E-state index contributed by atoms with van der Waals surface area (Å²) in [6.07, 6.45) is 1.28. The van der Waals surface area contributed by atoms with Crippen LogP contribution in [0.5, 0.6) is 0 Å². The average Bonchev–Trinajstić information content (AvgIpc) is 2.79. The van der Waals surface area contributed by atoms with Gasteiger partial charge in [0.2, 0.25) is 5.91 Å². The number of nitrogens with one attached hydrogen (secondary N) is 2. The van der Waals surface area contributed by atoms with Crippen LogP contribution in [0.15, 0.2) is 41.4 Å². The number of carbonyl (C=O) groups excluding carboxylic acids is 3. The van der Waals surface area contributed by atoms with Crippen LogP contribution >= 0.6 is 11.8 Å². The Kier molecular flexibility index (Phi) is 4.99. The lowest BCUT2D eigenvalue weighted by Gasteiger charge is -2.03. The minimum Gasteiger partial charge on any atom is -0.469 e. The predicted molar refractivity (Wildman–Crippen MR) is 79.3 cm³/mol. The minimum absolute atomic E-state index is 0.0232. The minimum atomic E-state index is -0.562.